The molecule has 0 bridgehead atoms. The Kier molecular flexibility index (Phi) is 5.51. The van der Waals surface area contributed by atoms with Gasteiger partial charge in [-0.1, -0.05) is 17.7 Å². The molecule has 1 aliphatic rings. The second-order valence-electron chi connectivity index (χ2n) is 5.74. The minimum absolute atomic E-state index is 0.0487. The zero-order valence-corrected chi connectivity index (χ0v) is 15.2. The van der Waals surface area contributed by atoms with Crippen molar-refractivity contribution in [1.82, 2.24) is 9.88 Å². The van der Waals surface area contributed by atoms with E-state index in [4.69, 9.17) is 16.3 Å². The third kappa shape index (κ3) is 3.77. The lowest BCUT2D eigenvalue weighted by Crippen LogP contribution is -2.29. The Morgan fingerprint density at radius 1 is 1.21 bits per heavy atom. The molecule has 3 rings (SSSR count). The summed E-state index contributed by atoms with van der Waals surface area (Å²) in [6, 6.07) is 7.15. The van der Waals surface area contributed by atoms with Gasteiger partial charge in [0.05, 0.1) is 22.4 Å². The highest BCUT2D eigenvalue weighted by Crippen LogP contribution is 2.24. The summed E-state index contributed by atoms with van der Waals surface area (Å²) < 4.78 is 4.96. The van der Waals surface area contributed by atoms with Gasteiger partial charge in [-0.25, -0.2) is 9.78 Å². The van der Waals surface area contributed by atoms with Crippen LogP contribution in [-0.4, -0.2) is 46.7 Å². The van der Waals surface area contributed by atoms with E-state index in [9.17, 15) is 19.2 Å². The number of nitrogens with zero attached hydrogens (tertiary/aromatic N) is 2. The lowest BCUT2D eigenvalue weighted by Gasteiger charge is -2.09. The standard InChI is InChI=1S/C19H14ClN3O5/c1-2-8-23-17(25)12-6-5-11(9-13(12)18(23)26)19(27)28-10-15(24)22-14-4-3-7-21-16(14)20/h2-7,9H,1,8,10H2,(H,22,24). The molecule has 0 unspecified atom stereocenters. The second-order valence-corrected chi connectivity index (χ2v) is 6.09. The van der Waals surface area contributed by atoms with Gasteiger partial charge in [0, 0.05) is 12.7 Å². The fraction of sp³-hybridized carbons (Fsp3) is 0.105. The summed E-state index contributed by atoms with van der Waals surface area (Å²) in [6.07, 6.45) is 2.90. The highest BCUT2D eigenvalue weighted by Gasteiger charge is 2.35. The molecule has 1 aromatic heterocycles. The summed E-state index contributed by atoms with van der Waals surface area (Å²) >= 11 is 5.84. The Morgan fingerprint density at radius 2 is 1.96 bits per heavy atom. The van der Waals surface area contributed by atoms with Crippen LogP contribution in [0.25, 0.3) is 0 Å². The van der Waals surface area contributed by atoms with Crippen molar-refractivity contribution in [2.75, 3.05) is 18.5 Å². The lowest BCUT2D eigenvalue weighted by atomic mass is 10.1. The third-order valence-corrected chi connectivity index (χ3v) is 4.19. The van der Waals surface area contributed by atoms with Gasteiger partial charge in [-0.15, -0.1) is 6.58 Å². The maximum Gasteiger partial charge on any atom is 0.338 e. The number of pyridine rings is 1. The minimum Gasteiger partial charge on any atom is -0.452 e. The monoisotopic (exact) mass is 399 g/mol. The van der Waals surface area contributed by atoms with E-state index in [1.165, 1.54) is 30.5 Å². The van der Waals surface area contributed by atoms with Gasteiger partial charge >= 0.3 is 5.97 Å². The Hall–Kier alpha value is -3.52. The number of rotatable bonds is 6. The average molecular weight is 400 g/mol. The maximum atomic E-state index is 12.3. The Balaban J connectivity index is 1.65. The SMILES string of the molecule is C=CCN1C(=O)c2ccc(C(=O)OCC(=O)Nc3cccnc3Cl)cc2C1=O. The molecule has 0 saturated carbocycles. The van der Waals surface area contributed by atoms with Crippen molar-refractivity contribution in [3.05, 3.63) is 71.0 Å². The van der Waals surface area contributed by atoms with Crippen molar-refractivity contribution in [1.29, 1.82) is 0 Å². The van der Waals surface area contributed by atoms with Crippen LogP contribution in [0.2, 0.25) is 5.15 Å². The minimum atomic E-state index is -0.808. The van der Waals surface area contributed by atoms with Crippen LogP contribution in [-0.2, 0) is 9.53 Å². The topological polar surface area (TPSA) is 106 Å². The van der Waals surface area contributed by atoms with Crippen LogP contribution in [0.4, 0.5) is 5.69 Å². The molecule has 142 valence electrons. The molecule has 0 atom stereocenters. The number of imide groups is 1. The molecule has 0 radical (unpaired) electrons. The number of carbonyl (C=O) groups is 4. The van der Waals surface area contributed by atoms with Gasteiger partial charge in [-0.3, -0.25) is 19.3 Å². The van der Waals surface area contributed by atoms with Gasteiger partial charge < -0.3 is 10.1 Å². The van der Waals surface area contributed by atoms with Crippen LogP contribution < -0.4 is 5.32 Å². The van der Waals surface area contributed by atoms with Crippen LogP contribution in [0.1, 0.15) is 31.1 Å². The summed E-state index contributed by atoms with van der Waals surface area (Å²) in [5, 5.41) is 2.57. The molecule has 8 nitrogen and oxygen atoms in total. The van der Waals surface area contributed by atoms with E-state index < -0.39 is 30.3 Å². The van der Waals surface area contributed by atoms with E-state index in [0.717, 1.165) is 4.90 Å². The van der Waals surface area contributed by atoms with Gasteiger partial charge in [0.25, 0.3) is 17.7 Å². The zero-order chi connectivity index (χ0) is 20.3. The summed E-state index contributed by atoms with van der Waals surface area (Å²) in [5.74, 6) is -2.38. The van der Waals surface area contributed by atoms with Crippen molar-refractivity contribution in [3.8, 4) is 0 Å². The molecule has 9 heteroatoms. The number of hydrogen-bond acceptors (Lipinski definition) is 6. The quantitative estimate of drug-likeness (QED) is 0.346. The summed E-state index contributed by atoms with van der Waals surface area (Å²) in [6.45, 7) is 3.02. The molecule has 0 saturated heterocycles. The van der Waals surface area contributed by atoms with Crippen LogP contribution in [0, 0.1) is 0 Å². The molecule has 0 aliphatic carbocycles. The number of halogens is 1. The number of anilines is 1. The van der Waals surface area contributed by atoms with E-state index in [1.54, 1.807) is 12.1 Å². The molecule has 3 amide bonds. The largest absolute Gasteiger partial charge is 0.452 e. The molecular weight excluding hydrogens is 386 g/mol. The van der Waals surface area contributed by atoms with Gasteiger partial charge in [-0.2, -0.15) is 0 Å². The summed E-state index contributed by atoms with van der Waals surface area (Å²) in [7, 11) is 0. The molecule has 0 fully saturated rings. The van der Waals surface area contributed by atoms with Gasteiger partial charge in [0.1, 0.15) is 0 Å². The fourth-order valence-electron chi connectivity index (χ4n) is 2.59. The van der Waals surface area contributed by atoms with E-state index in [2.05, 4.69) is 16.9 Å². The first-order chi connectivity index (χ1) is 13.4. The fourth-order valence-corrected chi connectivity index (χ4v) is 2.76. The average Bonchev–Trinajstić information content (AvgIpc) is 2.92. The van der Waals surface area contributed by atoms with Crippen molar-refractivity contribution in [3.63, 3.8) is 0 Å². The Bertz CT molecular complexity index is 1000. The molecule has 2 heterocycles. The first kappa shape index (κ1) is 19.2. The number of hydrogen-bond donors (Lipinski definition) is 1. The van der Waals surface area contributed by atoms with Gasteiger partial charge in [0.2, 0.25) is 0 Å². The number of fused-ring (bicyclic) bond motifs is 1. The first-order valence-electron chi connectivity index (χ1n) is 8.11. The van der Waals surface area contributed by atoms with Gasteiger partial charge in [0.15, 0.2) is 11.8 Å². The summed E-state index contributed by atoms with van der Waals surface area (Å²) in [4.78, 5) is 53.4. The third-order valence-electron chi connectivity index (χ3n) is 3.89. The molecule has 1 aromatic carbocycles. The van der Waals surface area contributed by atoms with E-state index in [-0.39, 0.29) is 34.1 Å². The van der Waals surface area contributed by atoms with Crippen LogP contribution >= 0.6 is 11.6 Å². The smallest absolute Gasteiger partial charge is 0.338 e. The first-order valence-corrected chi connectivity index (χ1v) is 8.48. The van der Waals surface area contributed by atoms with Crippen LogP contribution in [0.5, 0.6) is 0 Å². The van der Waals surface area contributed by atoms with Crippen LogP contribution in [0.3, 0.4) is 0 Å². The molecular formula is C19H14ClN3O5. The number of ether oxygens (including phenoxy) is 1. The number of nitrogens with one attached hydrogen (secondary N) is 1. The Labute approximate surface area is 164 Å². The molecule has 1 aliphatic heterocycles. The van der Waals surface area contributed by atoms with E-state index >= 15 is 0 Å². The second kappa shape index (κ2) is 8.01. The lowest BCUT2D eigenvalue weighted by molar-refractivity contribution is -0.119. The number of esters is 1. The number of carbonyl (C=O) groups excluding carboxylic acids is 4. The van der Waals surface area contributed by atoms with Crippen LogP contribution in [0.15, 0.2) is 49.2 Å². The molecule has 28 heavy (non-hydrogen) atoms. The normalized spacial score (nSPS) is 12.5. The van der Waals surface area contributed by atoms with E-state index in [0.29, 0.717) is 0 Å². The van der Waals surface area contributed by atoms with Crippen molar-refractivity contribution in [2.24, 2.45) is 0 Å². The highest BCUT2D eigenvalue weighted by atomic mass is 35.5. The molecule has 2 aromatic rings. The summed E-state index contributed by atoms with van der Waals surface area (Å²) in [5.41, 5.74) is 0.641. The number of aromatic nitrogens is 1. The van der Waals surface area contributed by atoms with Crippen molar-refractivity contribution in [2.45, 2.75) is 0 Å². The van der Waals surface area contributed by atoms with Crippen molar-refractivity contribution >= 4 is 41.0 Å². The zero-order valence-electron chi connectivity index (χ0n) is 14.5. The maximum absolute atomic E-state index is 12.3. The predicted octanol–water partition coefficient (Wildman–Crippen LogP) is 2.31. The van der Waals surface area contributed by atoms with Crippen molar-refractivity contribution < 1.29 is 23.9 Å². The molecule has 1 N–H and O–H groups in total. The number of benzene rings is 1. The van der Waals surface area contributed by atoms with Gasteiger partial charge in [-0.05, 0) is 30.3 Å². The Morgan fingerprint density at radius 3 is 2.68 bits per heavy atom. The van der Waals surface area contributed by atoms with E-state index in [1.807, 2.05) is 0 Å². The number of amides is 3. The highest BCUT2D eigenvalue weighted by molar-refractivity contribution is 6.32. The molecule has 0 spiro atoms. The predicted molar refractivity (Wildman–Crippen MR) is 100 cm³/mol.